The van der Waals surface area contributed by atoms with Gasteiger partial charge in [0.25, 0.3) is 0 Å². The first kappa shape index (κ1) is 20.9. The summed E-state index contributed by atoms with van der Waals surface area (Å²) in [5, 5.41) is 0. The van der Waals surface area contributed by atoms with Crippen molar-refractivity contribution in [1.29, 1.82) is 0 Å². The highest BCUT2D eigenvalue weighted by Gasteiger charge is 2.30. The van der Waals surface area contributed by atoms with Crippen molar-refractivity contribution >= 4 is 16.0 Å². The number of aryl methyl sites for hydroxylation is 1. The highest BCUT2D eigenvalue weighted by molar-refractivity contribution is 7.89. The lowest BCUT2D eigenvalue weighted by Gasteiger charge is -2.23. The van der Waals surface area contributed by atoms with E-state index in [1.54, 1.807) is 58.0 Å². The number of hydrogen-bond donors (Lipinski definition) is 2. The molecule has 152 valence electrons. The fraction of sp³-hybridized carbons (Fsp3) is 0.238. The second kappa shape index (κ2) is 7.53. The number of rotatable bonds is 4. The van der Waals surface area contributed by atoms with Gasteiger partial charge in [-0.1, -0.05) is 42.5 Å². The van der Waals surface area contributed by atoms with Crippen LogP contribution in [0.4, 0.5) is 10.3 Å². The third kappa shape index (κ3) is 4.44. The van der Waals surface area contributed by atoms with Gasteiger partial charge in [-0.2, -0.15) is 0 Å². The van der Waals surface area contributed by atoms with Crippen molar-refractivity contribution in [3.8, 4) is 22.3 Å². The maximum absolute atomic E-state index is 15.7. The van der Waals surface area contributed by atoms with Crippen molar-refractivity contribution in [2.24, 2.45) is 0 Å². The summed E-state index contributed by atoms with van der Waals surface area (Å²) in [5.41, 5.74) is 6.61. The minimum absolute atomic E-state index is 0.0646. The number of nitrogens with two attached hydrogens (primary N) is 1. The van der Waals surface area contributed by atoms with Crippen molar-refractivity contribution in [3.05, 3.63) is 60.2 Å². The number of halogens is 1. The van der Waals surface area contributed by atoms with Gasteiger partial charge in [-0.15, -0.1) is 0 Å². The van der Waals surface area contributed by atoms with Gasteiger partial charge in [0.2, 0.25) is 16.0 Å². The topological polar surface area (TPSA) is 98.0 Å². The molecule has 0 fully saturated rings. The molecule has 0 aliphatic carbocycles. The van der Waals surface area contributed by atoms with Crippen LogP contribution >= 0.6 is 0 Å². The van der Waals surface area contributed by atoms with E-state index in [-0.39, 0.29) is 17.1 Å². The van der Waals surface area contributed by atoms with Crippen LogP contribution in [0.1, 0.15) is 26.5 Å². The number of nitrogen functional groups attached to an aromatic ring is 1. The standard InChI is InChI=1S/C21H23FN4O2S/c1-13-17(12-24-20(23)25-13)16-11-10-15(14-8-6-5-7-9-14)19(18(16)22)29(27,28)26-21(2,3)4/h5-12,26H,1-4H3,(H2,23,24,25). The third-order valence-corrected chi connectivity index (χ3v) is 6.00. The molecule has 3 N–H and O–H groups in total. The largest absolute Gasteiger partial charge is 0.368 e. The Bertz CT molecular complexity index is 1160. The summed E-state index contributed by atoms with van der Waals surface area (Å²) in [6, 6.07) is 12.0. The molecule has 0 atom stereocenters. The summed E-state index contributed by atoms with van der Waals surface area (Å²) in [7, 11) is -4.17. The zero-order valence-corrected chi connectivity index (χ0v) is 17.5. The first-order valence-electron chi connectivity index (χ1n) is 9.01. The molecule has 0 spiro atoms. The van der Waals surface area contributed by atoms with Crippen molar-refractivity contribution in [3.63, 3.8) is 0 Å². The molecule has 0 bridgehead atoms. The number of anilines is 1. The molecule has 1 aromatic heterocycles. The number of hydrogen-bond acceptors (Lipinski definition) is 5. The maximum Gasteiger partial charge on any atom is 0.244 e. The summed E-state index contributed by atoms with van der Waals surface area (Å²) in [6.45, 7) is 6.77. The Kier molecular flexibility index (Phi) is 5.42. The van der Waals surface area contributed by atoms with Gasteiger partial charge in [0.1, 0.15) is 4.90 Å². The maximum atomic E-state index is 15.7. The Morgan fingerprint density at radius 2 is 1.62 bits per heavy atom. The van der Waals surface area contributed by atoms with Gasteiger partial charge in [-0.05, 0) is 33.3 Å². The molecule has 3 rings (SSSR count). The second-order valence-electron chi connectivity index (χ2n) is 7.75. The van der Waals surface area contributed by atoms with Gasteiger partial charge >= 0.3 is 0 Å². The van der Waals surface area contributed by atoms with E-state index >= 15 is 4.39 Å². The molecule has 8 heteroatoms. The van der Waals surface area contributed by atoms with Crippen LogP contribution in [0.25, 0.3) is 22.3 Å². The molecule has 0 aliphatic rings. The summed E-state index contributed by atoms with van der Waals surface area (Å²) in [6.07, 6.45) is 1.39. The molecule has 0 unspecified atom stereocenters. The smallest absolute Gasteiger partial charge is 0.244 e. The molecule has 0 aliphatic heterocycles. The van der Waals surface area contributed by atoms with Crippen molar-refractivity contribution in [1.82, 2.24) is 14.7 Å². The minimum atomic E-state index is -4.17. The lowest BCUT2D eigenvalue weighted by Crippen LogP contribution is -2.41. The Morgan fingerprint density at radius 1 is 1.00 bits per heavy atom. The number of nitrogens with zero attached hydrogens (tertiary/aromatic N) is 2. The third-order valence-electron chi connectivity index (χ3n) is 4.18. The predicted molar refractivity (Wildman–Crippen MR) is 112 cm³/mol. The van der Waals surface area contributed by atoms with Crippen LogP contribution in [-0.2, 0) is 10.0 Å². The zero-order valence-electron chi connectivity index (χ0n) is 16.7. The molecule has 29 heavy (non-hydrogen) atoms. The average molecular weight is 415 g/mol. The van der Waals surface area contributed by atoms with Gasteiger partial charge in [0, 0.05) is 28.4 Å². The molecule has 0 radical (unpaired) electrons. The summed E-state index contributed by atoms with van der Waals surface area (Å²) >= 11 is 0. The monoisotopic (exact) mass is 414 g/mol. The van der Waals surface area contributed by atoms with Gasteiger partial charge < -0.3 is 5.73 Å². The Morgan fingerprint density at radius 3 is 2.21 bits per heavy atom. The average Bonchev–Trinajstić information content (AvgIpc) is 2.60. The Balaban J connectivity index is 2.32. The molecule has 0 saturated carbocycles. The van der Waals surface area contributed by atoms with E-state index < -0.39 is 26.3 Å². The van der Waals surface area contributed by atoms with E-state index in [2.05, 4.69) is 14.7 Å². The molecular formula is C21H23FN4O2S. The number of benzene rings is 2. The molecular weight excluding hydrogens is 391 g/mol. The first-order valence-corrected chi connectivity index (χ1v) is 10.5. The molecule has 6 nitrogen and oxygen atoms in total. The van der Waals surface area contributed by atoms with Gasteiger partial charge in [0.05, 0.1) is 5.69 Å². The SMILES string of the molecule is Cc1nc(N)ncc1-c1ccc(-c2ccccc2)c(S(=O)(=O)NC(C)(C)C)c1F. The quantitative estimate of drug-likeness (QED) is 0.674. The van der Waals surface area contributed by atoms with Gasteiger partial charge in [-0.3, -0.25) is 0 Å². The van der Waals surface area contributed by atoms with E-state index in [1.165, 1.54) is 12.3 Å². The minimum Gasteiger partial charge on any atom is -0.368 e. The first-order chi connectivity index (χ1) is 13.5. The van der Waals surface area contributed by atoms with Crippen LogP contribution in [0.15, 0.2) is 53.6 Å². The van der Waals surface area contributed by atoms with Crippen LogP contribution in [0.5, 0.6) is 0 Å². The number of nitrogens with one attached hydrogen (secondary N) is 1. The van der Waals surface area contributed by atoms with Crippen molar-refractivity contribution < 1.29 is 12.8 Å². The summed E-state index contributed by atoms with van der Waals surface area (Å²) in [5.74, 6) is -0.797. The predicted octanol–water partition coefficient (Wildman–Crippen LogP) is 3.92. The van der Waals surface area contributed by atoms with Crippen LogP contribution in [0.2, 0.25) is 0 Å². The lowest BCUT2D eigenvalue weighted by atomic mass is 9.99. The fourth-order valence-corrected chi connectivity index (χ4v) is 4.80. The number of sulfonamides is 1. The molecule has 0 saturated heterocycles. The van der Waals surface area contributed by atoms with E-state index in [0.717, 1.165) is 0 Å². The second-order valence-corrected chi connectivity index (χ2v) is 9.37. The van der Waals surface area contributed by atoms with Gasteiger partial charge in [-0.25, -0.2) is 27.5 Å². The van der Waals surface area contributed by atoms with Crippen molar-refractivity contribution in [2.75, 3.05) is 5.73 Å². The number of aromatic nitrogens is 2. The van der Waals surface area contributed by atoms with E-state index in [0.29, 0.717) is 16.8 Å². The van der Waals surface area contributed by atoms with Crippen LogP contribution in [0.3, 0.4) is 0 Å². The molecule has 2 aromatic carbocycles. The van der Waals surface area contributed by atoms with E-state index in [9.17, 15) is 8.42 Å². The summed E-state index contributed by atoms with van der Waals surface area (Å²) < 4.78 is 44.7. The van der Waals surface area contributed by atoms with Crippen LogP contribution in [-0.4, -0.2) is 23.9 Å². The normalized spacial score (nSPS) is 12.2. The highest BCUT2D eigenvalue weighted by Crippen LogP contribution is 2.36. The Hall–Kier alpha value is -2.84. The van der Waals surface area contributed by atoms with E-state index in [4.69, 9.17) is 5.73 Å². The molecule has 0 amide bonds. The highest BCUT2D eigenvalue weighted by atomic mass is 32.2. The Labute approximate surface area is 170 Å². The zero-order chi connectivity index (χ0) is 21.4. The lowest BCUT2D eigenvalue weighted by molar-refractivity contribution is 0.487. The fourth-order valence-electron chi connectivity index (χ4n) is 3.08. The van der Waals surface area contributed by atoms with Crippen molar-refractivity contribution in [2.45, 2.75) is 38.1 Å². The van der Waals surface area contributed by atoms with E-state index in [1.807, 2.05) is 6.07 Å². The van der Waals surface area contributed by atoms with Gasteiger partial charge in [0.15, 0.2) is 5.82 Å². The van der Waals surface area contributed by atoms with Crippen LogP contribution < -0.4 is 10.5 Å². The molecule has 3 aromatic rings. The van der Waals surface area contributed by atoms with Crippen LogP contribution in [0, 0.1) is 12.7 Å². The molecule has 1 heterocycles. The summed E-state index contributed by atoms with van der Waals surface area (Å²) in [4.78, 5) is 7.57.